The topological polar surface area (TPSA) is 63.4 Å². The van der Waals surface area contributed by atoms with Gasteiger partial charge in [-0.3, -0.25) is 0 Å². The van der Waals surface area contributed by atoms with Crippen molar-refractivity contribution in [1.29, 1.82) is 0 Å². The van der Waals surface area contributed by atoms with Gasteiger partial charge >= 0.3 is 0 Å². The first-order valence-electron chi connectivity index (χ1n) is 9.30. The van der Waals surface area contributed by atoms with E-state index >= 15 is 0 Å². The number of nitrogens with one attached hydrogen (secondary N) is 2. The molecule has 1 aliphatic rings. The summed E-state index contributed by atoms with van der Waals surface area (Å²) in [5, 5.41) is 6.31. The number of fused-ring (bicyclic) bond motifs is 1. The molecule has 1 aliphatic carbocycles. The zero-order valence-corrected chi connectivity index (χ0v) is 16.2. The van der Waals surface area contributed by atoms with Gasteiger partial charge in [-0.15, -0.1) is 0 Å². The minimum absolute atomic E-state index is 0.110. The van der Waals surface area contributed by atoms with Gasteiger partial charge < -0.3 is 15.4 Å². The first-order chi connectivity index (χ1) is 14.1. The fourth-order valence-corrected chi connectivity index (χ4v) is 3.76. The van der Waals surface area contributed by atoms with E-state index in [9.17, 15) is 4.39 Å². The molecule has 0 aliphatic heterocycles. The van der Waals surface area contributed by atoms with Crippen LogP contribution in [0.2, 0.25) is 0 Å². The molecule has 0 spiro atoms. The highest BCUT2D eigenvalue weighted by atomic mass is 19.1. The molecule has 0 radical (unpaired) electrons. The first-order valence-corrected chi connectivity index (χ1v) is 9.30. The van der Waals surface area contributed by atoms with Crippen LogP contribution in [0.3, 0.4) is 0 Å². The number of methoxy groups -OCH3 is 1. The number of rotatable bonds is 5. The Kier molecular flexibility index (Phi) is 5.00. The third kappa shape index (κ3) is 3.45. The van der Waals surface area contributed by atoms with Gasteiger partial charge in [0.15, 0.2) is 0 Å². The van der Waals surface area contributed by atoms with Crippen molar-refractivity contribution in [2.45, 2.75) is 18.8 Å². The summed E-state index contributed by atoms with van der Waals surface area (Å²) in [5.74, 6) is 1.30. The smallest absolute Gasteiger partial charge is 0.229 e. The lowest BCUT2D eigenvalue weighted by Gasteiger charge is -2.15. The Labute approximate surface area is 168 Å². The molecule has 6 nitrogen and oxygen atoms in total. The molecule has 0 amide bonds. The van der Waals surface area contributed by atoms with E-state index in [4.69, 9.17) is 16.3 Å². The van der Waals surface area contributed by atoms with Gasteiger partial charge in [-0.1, -0.05) is 24.3 Å². The normalized spacial score (nSPS) is 14.8. The van der Waals surface area contributed by atoms with E-state index in [0.29, 0.717) is 28.6 Å². The van der Waals surface area contributed by atoms with E-state index in [1.807, 2.05) is 19.2 Å². The van der Waals surface area contributed by atoms with E-state index in [1.165, 1.54) is 13.2 Å². The Morgan fingerprint density at radius 3 is 2.76 bits per heavy atom. The van der Waals surface area contributed by atoms with Crippen molar-refractivity contribution in [2.24, 2.45) is 0 Å². The average molecular weight is 389 g/mol. The number of hydrogen-bond donors (Lipinski definition) is 2. The average Bonchev–Trinajstić information content (AvgIpc) is 3.17. The maximum Gasteiger partial charge on any atom is 0.229 e. The van der Waals surface area contributed by atoms with Crippen molar-refractivity contribution < 1.29 is 9.13 Å². The van der Waals surface area contributed by atoms with Crippen LogP contribution in [0.15, 0.2) is 42.5 Å². The molecule has 0 unspecified atom stereocenters. The Balaban J connectivity index is 1.73. The highest BCUT2D eigenvalue weighted by Gasteiger charge is 2.30. The molecule has 1 atom stereocenters. The van der Waals surface area contributed by atoms with Crippen LogP contribution in [0.4, 0.5) is 27.5 Å². The number of nitrogens with zero attached hydrogens (tertiary/aromatic N) is 3. The molecular formula is C22H20FN5O. The van der Waals surface area contributed by atoms with Crippen LogP contribution in [0, 0.1) is 12.4 Å². The molecule has 0 saturated heterocycles. The van der Waals surface area contributed by atoms with Crippen LogP contribution >= 0.6 is 0 Å². The van der Waals surface area contributed by atoms with Crippen LogP contribution in [0.25, 0.3) is 4.85 Å². The Morgan fingerprint density at radius 1 is 1.21 bits per heavy atom. The SMILES string of the molecule is [C-]#[N+]c1ccc(Nc2nc(NC)c3c(n2)[C@H](c2ccccc2F)CC3)cc1OC. The molecule has 0 bridgehead atoms. The molecule has 2 aromatic carbocycles. The summed E-state index contributed by atoms with van der Waals surface area (Å²) in [6.45, 7) is 7.20. The highest BCUT2D eigenvalue weighted by Crippen LogP contribution is 2.41. The molecule has 1 heterocycles. The van der Waals surface area contributed by atoms with E-state index < -0.39 is 0 Å². The Morgan fingerprint density at radius 2 is 2.03 bits per heavy atom. The number of halogens is 1. The summed E-state index contributed by atoms with van der Waals surface area (Å²) >= 11 is 0. The summed E-state index contributed by atoms with van der Waals surface area (Å²) in [6.07, 6.45) is 1.58. The minimum atomic E-state index is -0.219. The first kappa shape index (κ1) is 18.7. The summed E-state index contributed by atoms with van der Waals surface area (Å²) in [4.78, 5) is 12.7. The lowest BCUT2D eigenvalue weighted by Crippen LogP contribution is -2.08. The molecule has 7 heteroatoms. The van der Waals surface area contributed by atoms with Crippen LogP contribution in [-0.2, 0) is 6.42 Å². The second kappa shape index (κ2) is 7.76. The molecule has 29 heavy (non-hydrogen) atoms. The number of ether oxygens (including phenoxy) is 1. The predicted molar refractivity (Wildman–Crippen MR) is 111 cm³/mol. The molecule has 0 fully saturated rings. The van der Waals surface area contributed by atoms with Gasteiger partial charge in [0.25, 0.3) is 0 Å². The van der Waals surface area contributed by atoms with Gasteiger partial charge in [0.2, 0.25) is 11.6 Å². The van der Waals surface area contributed by atoms with Gasteiger partial charge in [-0.25, -0.2) is 14.2 Å². The summed E-state index contributed by atoms with van der Waals surface area (Å²) < 4.78 is 19.7. The summed E-state index contributed by atoms with van der Waals surface area (Å²) in [6, 6.07) is 12.0. The maximum absolute atomic E-state index is 14.4. The molecule has 3 aromatic rings. The van der Waals surface area contributed by atoms with Crippen molar-refractivity contribution in [2.75, 3.05) is 24.8 Å². The van der Waals surface area contributed by atoms with Gasteiger partial charge in [0.1, 0.15) is 17.4 Å². The Hall–Kier alpha value is -3.66. The summed E-state index contributed by atoms with van der Waals surface area (Å²) in [5.41, 5.74) is 3.65. The fourth-order valence-electron chi connectivity index (χ4n) is 3.76. The van der Waals surface area contributed by atoms with Gasteiger partial charge in [0.05, 0.1) is 19.4 Å². The molecule has 1 aromatic heterocycles. The van der Waals surface area contributed by atoms with Crippen LogP contribution in [0.1, 0.15) is 29.2 Å². The van der Waals surface area contributed by atoms with Crippen LogP contribution < -0.4 is 15.4 Å². The van der Waals surface area contributed by atoms with E-state index in [-0.39, 0.29) is 11.7 Å². The highest BCUT2D eigenvalue weighted by molar-refractivity contribution is 5.67. The predicted octanol–water partition coefficient (Wildman–Crippen LogP) is 5.04. The molecule has 0 saturated carbocycles. The minimum Gasteiger partial charge on any atom is -0.508 e. The van der Waals surface area contributed by atoms with Gasteiger partial charge in [-0.2, -0.15) is 4.98 Å². The van der Waals surface area contributed by atoms with Crippen LogP contribution in [0.5, 0.6) is 5.75 Å². The van der Waals surface area contributed by atoms with Crippen molar-refractivity contribution in [3.63, 3.8) is 0 Å². The lowest BCUT2D eigenvalue weighted by atomic mass is 9.96. The Bertz CT molecular complexity index is 1110. The zero-order valence-electron chi connectivity index (χ0n) is 16.2. The van der Waals surface area contributed by atoms with E-state index in [2.05, 4.69) is 20.5 Å². The fraction of sp³-hybridized carbons (Fsp3) is 0.227. The largest absolute Gasteiger partial charge is 0.508 e. The van der Waals surface area contributed by atoms with Crippen LogP contribution in [-0.4, -0.2) is 24.1 Å². The molecular weight excluding hydrogens is 369 g/mol. The van der Waals surface area contributed by atoms with E-state index in [0.717, 1.165) is 29.9 Å². The summed E-state index contributed by atoms with van der Waals surface area (Å²) in [7, 11) is 3.34. The zero-order chi connectivity index (χ0) is 20.4. The monoisotopic (exact) mass is 389 g/mol. The van der Waals surface area contributed by atoms with Crippen molar-refractivity contribution >= 4 is 23.1 Å². The quantitative estimate of drug-likeness (QED) is 0.599. The number of aromatic nitrogens is 2. The number of anilines is 3. The van der Waals surface area contributed by atoms with Crippen molar-refractivity contribution in [1.82, 2.24) is 9.97 Å². The maximum atomic E-state index is 14.4. The third-order valence-electron chi connectivity index (χ3n) is 5.13. The molecule has 146 valence electrons. The van der Waals surface area contributed by atoms with Gasteiger partial charge in [-0.05, 0) is 36.6 Å². The van der Waals surface area contributed by atoms with Crippen molar-refractivity contribution in [3.8, 4) is 5.75 Å². The third-order valence-corrected chi connectivity index (χ3v) is 5.13. The van der Waals surface area contributed by atoms with E-state index in [1.54, 1.807) is 24.3 Å². The molecule has 4 rings (SSSR count). The second-order valence-electron chi connectivity index (χ2n) is 6.75. The van der Waals surface area contributed by atoms with Crippen molar-refractivity contribution in [3.05, 3.63) is 76.5 Å². The second-order valence-corrected chi connectivity index (χ2v) is 6.75. The lowest BCUT2D eigenvalue weighted by molar-refractivity contribution is 0.417. The number of benzene rings is 2. The standard InChI is InChI=1S/C22H20FN5O/c1-24-18-11-8-13(12-19(18)29-3)26-22-27-20-15(14-6-4-5-7-17(14)23)9-10-16(20)21(25-2)28-22/h4-8,11-12,15H,9-10H2,2-3H3,(H2,25,26,27,28)/t15-/m0/s1. The number of hydrogen-bond acceptors (Lipinski definition) is 5. The molecule has 2 N–H and O–H groups in total. The van der Waals surface area contributed by atoms with Gasteiger partial charge in [0, 0.05) is 24.2 Å².